The van der Waals surface area contributed by atoms with E-state index in [9.17, 15) is 5.11 Å². The molecule has 1 N–H and O–H groups in total. The van der Waals surface area contributed by atoms with E-state index in [1.807, 2.05) is 0 Å². The minimum Gasteiger partial charge on any atom is -0.396 e. The molecular formula is C29H36N2O. The Labute approximate surface area is 193 Å². The van der Waals surface area contributed by atoms with Gasteiger partial charge in [0.05, 0.1) is 18.2 Å². The molecule has 168 valence electrons. The second-order valence-electron chi connectivity index (χ2n) is 9.38. The van der Waals surface area contributed by atoms with Gasteiger partial charge in [0.25, 0.3) is 0 Å². The highest BCUT2D eigenvalue weighted by Gasteiger charge is 2.52. The van der Waals surface area contributed by atoms with E-state index in [0.717, 1.165) is 19.3 Å². The van der Waals surface area contributed by atoms with Crippen LogP contribution in [-0.4, -0.2) is 41.8 Å². The maximum atomic E-state index is 9.46. The minimum absolute atomic E-state index is 0.0729. The molecule has 32 heavy (non-hydrogen) atoms. The van der Waals surface area contributed by atoms with Crippen molar-refractivity contribution in [1.82, 2.24) is 9.80 Å². The highest BCUT2D eigenvalue weighted by Crippen LogP contribution is 2.51. The van der Waals surface area contributed by atoms with E-state index >= 15 is 0 Å². The van der Waals surface area contributed by atoms with Crippen molar-refractivity contribution in [2.75, 3.05) is 20.7 Å². The maximum absolute atomic E-state index is 9.46. The van der Waals surface area contributed by atoms with Crippen LogP contribution in [0.1, 0.15) is 55.0 Å². The van der Waals surface area contributed by atoms with Crippen LogP contribution in [0.3, 0.4) is 0 Å². The Bertz CT molecular complexity index is 911. The van der Waals surface area contributed by atoms with Gasteiger partial charge in [0, 0.05) is 12.0 Å². The molecule has 1 saturated heterocycles. The number of nitrogens with zero attached hydrogens (tertiary/aromatic N) is 2. The van der Waals surface area contributed by atoms with Crippen LogP contribution in [0.25, 0.3) is 0 Å². The predicted molar refractivity (Wildman–Crippen MR) is 132 cm³/mol. The number of aliphatic hydroxyl groups excluding tert-OH is 1. The topological polar surface area (TPSA) is 26.7 Å². The summed E-state index contributed by atoms with van der Waals surface area (Å²) < 4.78 is 0. The van der Waals surface area contributed by atoms with E-state index < -0.39 is 0 Å². The molecule has 1 aliphatic heterocycles. The number of rotatable bonds is 8. The summed E-state index contributed by atoms with van der Waals surface area (Å²) >= 11 is 0. The molecular weight excluding hydrogens is 392 g/mol. The molecule has 1 aliphatic rings. The Kier molecular flexibility index (Phi) is 7.10. The molecule has 0 aromatic heterocycles. The van der Waals surface area contributed by atoms with Crippen molar-refractivity contribution in [1.29, 1.82) is 0 Å². The summed E-state index contributed by atoms with van der Waals surface area (Å²) in [7, 11) is 4.57. The van der Waals surface area contributed by atoms with Crippen LogP contribution < -0.4 is 0 Å². The van der Waals surface area contributed by atoms with E-state index in [1.54, 1.807) is 0 Å². The SMILES string of the molecule is CN1C([C@@](C)(CCCCO)c2ccccc2)N(C)[C@@H](c2ccccc2)[C@@H]1c1ccccc1. The molecule has 0 spiro atoms. The lowest BCUT2D eigenvalue weighted by Crippen LogP contribution is -2.51. The third-order valence-corrected chi connectivity index (χ3v) is 7.34. The van der Waals surface area contributed by atoms with Crippen LogP contribution in [-0.2, 0) is 5.41 Å². The normalized spacial score (nSPS) is 22.1. The molecule has 4 rings (SSSR count). The van der Waals surface area contributed by atoms with Crippen LogP contribution in [0.4, 0.5) is 0 Å². The van der Waals surface area contributed by atoms with Crippen molar-refractivity contribution in [2.24, 2.45) is 0 Å². The van der Waals surface area contributed by atoms with Crippen LogP contribution in [0.15, 0.2) is 91.0 Å². The largest absolute Gasteiger partial charge is 0.396 e. The molecule has 0 amide bonds. The molecule has 1 heterocycles. The van der Waals surface area contributed by atoms with Crippen LogP contribution in [0, 0.1) is 0 Å². The first-order valence-corrected chi connectivity index (χ1v) is 11.8. The number of unbranched alkanes of at least 4 members (excludes halogenated alkanes) is 1. The van der Waals surface area contributed by atoms with Gasteiger partial charge in [-0.3, -0.25) is 9.80 Å². The number of hydrogen-bond acceptors (Lipinski definition) is 3. The summed E-state index contributed by atoms with van der Waals surface area (Å²) in [5.41, 5.74) is 3.99. The average Bonchev–Trinajstić information content (AvgIpc) is 3.11. The van der Waals surface area contributed by atoms with E-state index in [0.29, 0.717) is 0 Å². The van der Waals surface area contributed by atoms with E-state index in [-0.39, 0.29) is 30.3 Å². The number of hydrogen-bond donors (Lipinski definition) is 1. The molecule has 1 fully saturated rings. The molecule has 0 radical (unpaired) electrons. The summed E-state index contributed by atoms with van der Waals surface area (Å²) in [6.45, 7) is 2.66. The third kappa shape index (κ3) is 4.25. The van der Waals surface area contributed by atoms with Crippen LogP contribution >= 0.6 is 0 Å². The number of benzene rings is 3. The second kappa shape index (κ2) is 9.99. The van der Waals surface area contributed by atoms with Gasteiger partial charge < -0.3 is 5.11 Å². The Morgan fingerprint density at radius 3 is 1.56 bits per heavy atom. The van der Waals surface area contributed by atoms with E-state index in [1.165, 1.54) is 16.7 Å². The van der Waals surface area contributed by atoms with Gasteiger partial charge in [0.15, 0.2) is 0 Å². The molecule has 3 nitrogen and oxygen atoms in total. The molecule has 3 atom stereocenters. The van der Waals surface area contributed by atoms with Gasteiger partial charge >= 0.3 is 0 Å². The summed E-state index contributed by atoms with van der Waals surface area (Å²) in [4.78, 5) is 5.16. The van der Waals surface area contributed by atoms with Crippen molar-refractivity contribution < 1.29 is 5.11 Å². The van der Waals surface area contributed by atoms with Gasteiger partial charge in [-0.2, -0.15) is 0 Å². The number of likely N-dealkylation sites (N-methyl/N-ethyl adjacent to an activating group) is 2. The molecule has 0 unspecified atom stereocenters. The minimum atomic E-state index is -0.0729. The van der Waals surface area contributed by atoms with Crippen LogP contribution in [0.5, 0.6) is 0 Å². The number of aliphatic hydroxyl groups is 1. The molecule has 0 bridgehead atoms. The molecule has 0 aliphatic carbocycles. The highest BCUT2D eigenvalue weighted by molar-refractivity contribution is 5.34. The maximum Gasteiger partial charge on any atom is 0.0725 e. The summed E-state index contributed by atoms with van der Waals surface area (Å²) in [5.74, 6) is 0. The van der Waals surface area contributed by atoms with Crippen molar-refractivity contribution in [2.45, 2.75) is 49.9 Å². The lowest BCUT2D eigenvalue weighted by atomic mass is 9.74. The highest BCUT2D eigenvalue weighted by atomic mass is 16.2. The molecule has 3 aromatic rings. The monoisotopic (exact) mass is 428 g/mol. The standard InChI is InChI=1S/C29H36N2O/c1-29(21-13-14-22-32,25-19-11-6-12-20-25)28-30(2)26(23-15-7-4-8-16-23)27(31(28)3)24-17-9-5-10-18-24/h4-12,15-20,26-28,32H,13-14,21-22H2,1-3H3/t26-,27-,29-/m0/s1. The fraction of sp³-hybridized carbons (Fsp3) is 0.379. The Hall–Kier alpha value is -2.46. The first kappa shape index (κ1) is 22.7. The van der Waals surface area contributed by atoms with Gasteiger partial charge in [0.2, 0.25) is 0 Å². The van der Waals surface area contributed by atoms with Gasteiger partial charge in [-0.1, -0.05) is 104 Å². The van der Waals surface area contributed by atoms with Crippen LogP contribution in [0.2, 0.25) is 0 Å². The summed E-state index contributed by atoms with van der Waals surface area (Å²) in [6, 6.07) is 33.3. The van der Waals surface area contributed by atoms with Crippen molar-refractivity contribution in [3.05, 3.63) is 108 Å². The lowest BCUT2D eigenvalue weighted by Gasteiger charge is -2.44. The van der Waals surface area contributed by atoms with Gasteiger partial charge in [0.1, 0.15) is 0 Å². The first-order valence-electron chi connectivity index (χ1n) is 11.8. The van der Waals surface area contributed by atoms with Crippen molar-refractivity contribution >= 4 is 0 Å². The smallest absolute Gasteiger partial charge is 0.0725 e. The Morgan fingerprint density at radius 2 is 1.12 bits per heavy atom. The van der Waals surface area contributed by atoms with E-state index in [4.69, 9.17) is 0 Å². The Balaban J connectivity index is 1.81. The summed E-state index contributed by atoms with van der Waals surface area (Å²) in [6.07, 6.45) is 3.10. The first-order chi connectivity index (χ1) is 15.6. The molecule has 3 aromatic carbocycles. The quantitative estimate of drug-likeness (QED) is 0.460. The third-order valence-electron chi connectivity index (χ3n) is 7.34. The van der Waals surface area contributed by atoms with Gasteiger partial charge in [-0.25, -0.2) is 0 Å². The zero-order chi connectivity index (χ0) is 22.6. The lowest BCUT2D eigenvalue weighted by molar-refractivity contribution is 0.0715. The van der Waals surface area contributed by atoms with Crippen molar-refractivity contribution in [3.8, 4) is 0 Å². The second-order valence-corrected chi connectivity index (χ2v) is 9.38. The zero-order valence-corrected chi connectivity index (χ0v) is 19.6. The Morgan fingerprint density at radius 1 is 0.688 bits per heavy atom. The fourth-order valence-corrected chi connectivity index (χ4v) is 5.92. The fourth-order valence-electron chi connectivity index (χ4n) is 5.92. The average molecular weight is 429 g/mol. The summed E-state index contributed by atoms with van der Waals surface area (Å²) in [5, 5.41) is 9.46. The van der Waals surface area contributed by atoms with Crippen molar-refractivity contribution in [3.63, 3.8) is 0 Å². The zero-order valence-electron chi connectivity index (χ0n) is 19.6. The van der Waals surface area contributed by atoms with Gasteiger partial charge in [-0.15, -0.1) is 0 Å². The van der Waals surface area contributed by atoms with E-state index in [2.05, 4.69) is 122 Å². The molecule has 0 saturated carbocycles. The van der Waals surface area contributed by atoms with Gasteiger partial charge in [-0.05, 0) is 43.6 Å². The predicted octanol–water partition coefficient (Wildman–Crippen LogP) is 5.79. The molecule has 3 heteroatoms.